The van der Waals surface area contributed by atoms with Crippen LogP contribution in [0.1, 0.15) is 12.0 Å². The number of anilines is 1. The summed E-state index contributed by atoms with van der Waals surface area (Å²) in [6.45, 7) is 0.402. The first-order valence-electron chi connectivity index (χ1n) is 10.4. The molecule has 32 heavy (non-hydrogen) atoms. The summed E-state index contributed by atoms with van der Waals surface area (Å²) in [5.41, 5.74) is 1.53. The number of amides is 3. The average Bonchev–Trinajstić information content (AvgIpc) is 3.06. The van der Waals surface area contributed by atoms with Crippen LogP contribution in [0.4, 0.5) is 10.5 Å². The maximum atomic E-state index is 12.5. The molecule has 4 N–H and O–H groups in total. The maximum Gasteiger partial charge on any atom is 0.319 e. The molecule has 0 saturated carbocycles. The third-order valence-electron chi connectivity index (χ3n) is 5.32. The SMILES string of the molecule is COc1cccc(NC(=O)NC[C@H]2O[C@@H](CC(=O)N(C)Cc3ccccc3)[C@H](O)[C@@H]2O)c1. The number of rotatable bonds is 8. The van der Waals surface area contributed by atoms with Crippen LogP contribution in [0.3, 0.4) is 0 Å². The molecule has 3 amide bonds. The van der Waals surface area contributed by atoms with Gasteiger partial charge in [-0.25, -0.2) is 4.79 Å². The molecular formula is C23H29N3O6. The summed E-state index contributed by atoms with van der Waals surface area (Å²) in [5.74, 6) is 0.389. The van der Waals surface area contributed by atoms with Crippen molar-refractivity contribution in [2.45, 2.75) is 37.4 Å². The molecule has 3 rings (SSSR count). The molecule has 2 aromatic carbocycles. The van der Waals surface area contributed by atoms with Gasteiger partial charge in [-0.2, -0.15) is 0 Å². The number of benzene rings is 2. The molecule has 0 spiro atoms. The Bertz CT molecular complexity index is 910. The maximum absolute atomic E-state index is 12.5. The van der Waals surface area contributed by atoms with Crippen LogP contribution in [-0.4, -0.2) is 72.2 Å². The largest absolute Gasteiger partial charge is 0.497 e. The molecule has 0 bridgehead atoms. The first-order valence-corrected chi connectivity index (χ1v) is 10.4. The first-order chi connectivity index (χ1) is 15.4. The average molecular weight is 444 g/mol. The van der Waals surface area contributed by atoms with E-state index in [4.69, 9.17) is 9.47 Å². The standard InChI is InChI=1S/C23H29N3O6/c1-26(14-15-7-4-3-5-8-15)20(27)12-18-21(28)22(29)19(32-18)13-24-23(30)25-16-9-6-10-17(11-16)31-2/h3-11,18-19,21-22,28-29H,12-14H2,1-2H3,(H2,24,25,30)/t18-,19+,21-,22+/m0/s1. The zero-order valence-electron chi connectivity index (χ0n) is 18.1. The van der Waals surface area contributed by atoms with E-state index in [0.29, 0.717) is 18.0 Å². The normalized spacial score (nSPS) is 22.2. The van der Waals surface area contributed by atoms with Gasteiger partial charge in [0.2, 0.25) is 5.91 Å². The molecule has 172 valence electrons. The lowest BCUT2D eigenvalue weighted by Crippen LogP contribution is -2.41. The minimum absolute atomic E-state index is 0.0292. The lowest BCUT2D eigenvalue weighted by atomic mass is 10.0. The fourth-order valence-electron chi connectivity index (χ4n) is 3.51. The number of nitrogens with one attached hydrogen (secondary N) is 2. The van der Waals surface area contributed by atoms with E-state index in [1.807, 2.05) is 30.3 Å². The smallest absolute Gasteiger partial charge is 0.319 e. The lowest BCUT2D eigenvalue weighted by molar-refractivity contribution is -0.134. The van der Waals surface area contributed by atoms with Gasteiger partial charge in [-0.3, -0.25) is 4.79 Å². The monoisotopic (exact) mass is 443 g/mol. The predicted molar refractivity (Wildman–Crippen MR) is 118 cm³/mol. The summed E-state index contributed by atoms with van der Waals surface area (Å²) in [7, 11) is 3.21. The Morgan fingerprint density at radius 2 is 1.78 bits per heavy atom. The minimum atomic E-state index is -1.22. The van der Waals surface area contributed by atoms with Gasteiger partial charge in [-0.05, 0) is 17.7 Å². The van der Waals surface area contributed by atoms with Crippen molar-refractivity contribution in [2.75, 3.05) is 26.0 Å². The second-order valence-corrected chi connectivity index (χ2v) is 7.70. The second kappa shape index (κ2) is 10.9. The van der Waals surface area contributed by atoms with Gasteiger partial charge in [0.1, 0.15) is 24.1 Å². The number of hydrogen-bond acceptors (Lipinski definition) is 6. The third-order valence-corrected chi connectivity index (χ3v) is 5.32. The van der Waals surface area contributed by atoms with E-state index < -0.39 is 30.4 Å². The van der Waals surface area contributed by atoms with Crippen LogP contribution >= 0.6 is 0 Å². The van der Waals surface area contributed by atoms with E-state index in [9.17, 15) is 19.8 Å². The summed E-state index contributed by atoms with van der Waals surface area (Å²) < 4.78 is 10.8. The fraction of sp³-hybridized carbons (Fsp3) is 0.391. The Morgan fingerprint density at radius 1 is 1.06 bits per heavy atom. The van der Waals surface area contributed by atoms with Crippen molar-refractivity contribution < 1.29 is 29.3 Å². The van der Waals surface area contributed by atoms with Crippen LogP contribution in [0.25, 0.3) is 0 Å². The second-order valence-electron chi connectivity index (χ2n) is 7.70. The van der Waals surface area contributed by atoms with Crippen LogP contribution in [0.5, 0.6) is 5.75 Å². The Hall–Kier alpha value is -3.14. The fourth-order valence-corrected chi connectivity index (χ4v) is 3.51. The lowest BCUT2D eigenvalue weighted by Gasteiger charge is -2.21. The Kier molecular flexibility index (Phi) is 8.04. The highest BCUT2D eigenvalue weighted by Gasteiger charge is 2.43. The van der Waals surface area contributed by atoms with Crippen molar-refractivity contribution in [3.8, 4) is 5.75 Å². The Labute approximate surface area is 186 Å². The number of nitrogens with zero attached hydrogens (tertiary/aromatic N) is 1. The van der Waals surface area contributed by atoms with Gasteiger partial charge in [-0.1, -0.05) is 36.4 Å². The van der Waals surface area contributed by atoms with Crippen LogP contribution in [0, 0.1) is 0 Å². The number of carbonyl (C=O) groups is 2. The zero-order valence-corrected chi connectivity index (χ0v) is 18.1. The highest BCUT2D eigenvalue weighted by molar-refractivity contribution is 5.89. The molecule has 1 fully saturated rings. The van der Waals surface area contributed by atoms with Gasteiger partial charge in [0.15, 0.2) is 0 Å². The quantitative estimate of drug-likeness (QED) is 0.489. The molecule has 1 aliphatic rings. The Morgan fingerprint density at radius 3 is 2.50 bits per heavy atom. The number of hydrogen-bond donors (Lipinski definition) is 4. The topological polar surface area (TPSA) is 120 Å². The van der Waals surface area contributed by atoms with Gasteiger partial charge in [0.05, 0.1) is 19.6 Å². The van der Waals surface area contributed by atoms with Crippen LogP contribution in [0.15, 0.2) is 54.6 Å². The van der Waals surface area contributed by atoms with Crippen LogP contribution in [-0.2, 0) is 16.1 Å². The molecule has 0 aromatic heterocycles. The van der Waals surface area contributed by atoms with E-state index in [0.717, 1.165) is 5.56 Å². The number of carbonyl (C=O) groups excluding carboxylic acids is 2. The van der Waals surface area contributed by atoms with Gasteiger partial charge in [0.25, 0.3) is 0 Å². The van der Waals surface area contributed by atoms with E-state index in [1.54, 1.807) is 36.2 Å². The molecule has 1 saturated heterocycles. The van der Waals surface area contributed by atoms with E-state index >= 15 is 0 Å². The van der Waals surface area contributed by atoms with Crippen molar-refractivity contribution in [1.82, 2.24) is 10.2 Å². The van der Waals surface area contributed by atoms with Crippen LogP contribution < -0.4 is 15.4 Å². The Balaban J connectivity index is 1.47. The van der Waals surface area contributed by atoms with E-state index in [-0.39, 0.29) is 18.9 Å². The third kappa shape index (κ3) is 6.19. The van der Waals surface area contributed by atoms with Crippen molar-refractivity contribution in [2.24, 2.45) is 0 Å². The summed E-state index contributed by atoms with van der Waals surface area (Å²) in [6.07, 6.45) is -4.21. The molecule has 9 heteroatoms. The molecule has 9 nitrogen and oxygen atoms in total. The molecule has 1 aliphatic heterocycles. The predicted octanol–water partition coefficient (Wildman–Crippen LogP) is 1.35. The number of urea groups is 1. The van der Waals surface area contributed by atoms with Gasteiger partial charge in [0, 0.05) is 31.9 Å². The van der Waals surface area contributed by atoms with Gasteiger partial charge >= 0.3 is 6.03 Å². The summed E-state index contributed by atoms with van der Waals surface area (Å²) in [5, 5.41) is 25.9. The molecule has 0 aliphatic carbocycles. The zero-order chi connectivity index (χ0) is 23.1. The molecule has 2 aromatic rings. The number of methoxy groups -OCH3 is 1. The van der Waals surface area contributed by atoms with Gasteiger partial charge in [-0.15, -0.1) is 0 Å². The van der Waals surface area contributed by atoms with Gasteiger partial charge < -0.3 is 35.2 Å². The summed E-state index contributed by atoms with van der Waals surface area (Å²) in [4.78, 5) is 26.2. The molecule has 0 radical (unpaired) electrons. The van der Waals surface area contributed by atoms with E-state index in [2.05, 4.69) is 10.6 Å². The molecule has 0 unspecified atom stereocenters. The molecule has 1 heterocycles. The molecule has 4 atom stereocenters. The van der Waals surface area contributed by atoms with Crippen LogP contribution in [0.2, 0.25) is 0 Å². The summed E-state index contributed by atoms with van der Waals surface area (Å²) >= 11 is 0. The number of aliphatic hydroxyl groups is 2. The highest BCUT2D eigenvalue weighted by atomic mass is 16.5. The first kappa shape index (κ1) is 23.5. The van der Waals surface area contributed by atoms with E-state index in [1.165, 1.54) is 7.11 Å². The molecular weight excluding hydrogens is 414 g/mol. The number of aliphatic hydroxyl groups excluding tert-OH is 2. The number of ether oxygens (including phenoxy) is 2. The van der Waals surface area contributed by atoms with Crippen molar-refractivity contribution in [3.63, 3.8) is 0 Å². The van der Waals surface area contributed by atoms with Crippen molar-refractivity contribution in [3.05, 3.63) is 60.2 Å². The highest BCUT2D eigenvalue weighted by Crippen LogP contribution is 2.24. The van der Waals surface area contributed by atoms with Crippen molar-refractivity contribution >= 4 is 17.6 Å². The summed E-state index contributed by atoms with van der Waals surface area (Å²) in [6, 6.07) is 15.9. The minimum Gasteiger partial charge on any atom is -0.497 e. The van der Waals surface area contributed by atoms with Crippen molar-refractivity contribution in [1.29, 1.82) is 0 Å².